The quantitative estimate of drug-likeness (QED) is 0.604. The van der Waals surface area contributed by atoms with E-state index in [1.807, 2.05) is 0 Å². The third-order valence-electron chi connectivity index (χ3n) is 0.892. The van der Waals surface area contributed by atoms with Crippen molar-refractivity contribution in [3.63, 3.8) is 0 Å². The van der Waals surface area contributed by atoms with E-state index in [-0.39, 0.29) is 0 Å². The molecule has 60 valence electrons. The topological polar surface area (TPSA) is 12.9 Å². The van der Waals surface area contributed by atoms with E-state index in [9.17, 15) is 13.2 Å². The van der Waals surface area contributed by atoms with Gasteiger partial charge < -0.3 is 0 Å². The summed E-state index contributed by atoms with van der Waals surface area (Å²) < 4.78 is 57.5. The molecule has 0 bridgehead atoms. The van der Waals surface area contributed by atoms with Gasteiger partial charge in [-0.3, -0.25) is 4.98 Å². The van der Waals surface area contributed by atoms with Gasteiger partial charge in [0.2, 0.25) is 0 Å². The number of hydrogen-bond acceptors (Lipinski definition) is 1. The second-order valence-electron chi connectivity index (χ2n) is 1.65. The Bertz CT molecular complexity index is 380. The summed E-state index contributed by atoms with van der Waals surface area (Å²) in [6, 6.07) is -0.824. The first-order valence-electron chi connectivity index (χ1n) is 3.95. The lowest BCUT2D eigenvalue weighted by molar-refractivity contribution is -0.137. The Morgan fingerprint density at radius 3 is 2.73 bits per heavy atom. The molecule has 0 aliphatic carbocycles. The van der Waals surface area contributed by atoms with Crippen molar-refractivity contribution in [2.24, 2.45) is 0 Å². The summed E-state index contributed by atoms with van der Waals surface area (Å²) in [5, 5.41) is -0.956. The first kappa shape index (κ1) is 4.98. The largest absolute Gasteiger partial charge is 0.419 e. The Labute approximate surface area is 70.0 Å². The normalized spacial score (nSPS) is 15.5. The smallest absolute Gasteiger partial charge is 0.264 e. The van der Waals surface area contributed by atoms with E-state index in [2.05, 4.69) is 4.98 Å². The number of hydrogen-bond donors (Lipinski definition) is 0. The molecule has 1 aromatic rings. The van der Waals surface area contributed by atoms with Gasteiger partial charge in [0, 0.05) is 12.3 Å². The van der Waals surface area contributed by atoms with Crippen molar-refractivity contribution < 1.29 is 17.3 Å². The van der Waals surface area contributed by atoms with Crippen molar-refractivity contribution in [1.82, 2.24) is 4.98 Å². The lowest BCUT2D eigenvalue weighted by Gasteiger charge is -2.06. The standard InChI is InChI=1S/C6H3ClF3N/c7-5-1-2-11-3-4(5)6(8,9)10/h1-3H/i1D,2D,3D. The molecule has 1 heterocycles. The zero-order valence-corrected chi connectivity index (χ0v) is 5.72. The third kappa shape index (κ3) is 1.83. The zero-order chi connectivity index (χ0) is 11.1. The Hall–Kier alpha value is -0.770. The van der Waals surface area contributed by atoms with Crippen LogP contribution in [0.3, 0.4) is 0 Å². The van der Waals surface area contributed by atoms with E-state index in [1.165, 1.54) is 0 Å². The van der Waals surface area contributed by atoms with E-state index in [0.29, 0.717) is 0 Å². The first-order valence-corrected chi connectivity index (χ1v) is 2.83. The summed E-state index contributed by atoms with van der Waals surface area (Å²) in [4.78, 5) is 2.94. The molecule has 0 radical (unpaired) electrons. The average molecular weight is 185 g/mol. The van der Waals surface area contributed by atoms with Crippen molar-refractivity contribution in [1.29, 1.82) is 0 Å². The highest BCUT2D eigenvalue weighted by Gasteiger charge is 2.33. The Balaban J connectivity index is 3.53. The van der Waals surface area contributed by atoms with Gasteiger partial charge >= 0.3 is 6.18 Å². The number of aromatic nitrogens is 1. The van der Waals surface area contributed by atoms with Crippen LogP contribution in [0.1, 0.15) is 9.68 Å². The molecule has 0 atom stereocenters. The molecule has 1 rings (SSSR count). The summed E-state index contributed by atoms with van der Waals surface area (Å²) in [5.74, 6) is 0. The molecule has 0 saturated carbocycles. The predicted octanol–water partition coefficient (Wildman–Crippen LogP) is 2.75. The molecule has 11 heavy (non-hydrogen) atoms. The Morgan fingerprint density at radius 1 is 1.55 bits per heavy atom. The second-order valence-corrected chi connectivity index (χ2v) is 2.03. The van der Waals surface area contributed by atoms with Gasteiger partial charge in [0.05, 0.1) is 14.7 Å². The molecule has 0 aliphatic rings. The highest BCUT2D eigenvalue weighted by molar-refractivity contribution is 6.31. The maximum atomic E-state index is 12.2. The molecule has 0 unspecified atom stereocenters. The monoisotopic (exact) mass is 184 g/mol. The minimum atomic E-state index is -4.83. The van der Waals surface area contributed by atoms with Gasteiger partial charge in [0.25, 0.3) is 0 Å². The lowest BCUT2D eigenvalue weighted by atomic mass is 10.3. The van der Waals surface area contributed by atoms with Crippen molar-refractivity contribution in [2.75, 3.05) is 0 Å². The van der Waals surface area contributed by atoms with Crippen molar-refractivity contribution in [2.45, 2.75) is 6.18 Å². The van der Waals surface area contributed by atoms with Crippen molar-refractivity contribution >= 4 is 11.6 Å². The number of pyridine rings is 1. The summed E-state index contributed by atoms with van der Waals surface area (Å²) in [6.07, 6.45) is -6.71. The lowest BCUT2D eigenvalue weighted by Crippen LogP contribution is -2.05. The van der Waals surface area contributed by atoms with Gasteiger partial charge in [-0.1, -0.05) is 11.6 Å². The van der Waals surface area contributed by atoms with Gasteiger partial charge in [0.15, 0.2) is 0 Å². The van der Waals surface area contributed by atoms with Crippen LogP contribution in [-0.4, -0.2) is 4.98 Å². The summed E-state index contributed by atoms with van der Waals surface area (Å²) >= 11 is 5.20. The fourth-order valence-corrected chi connectivity index (χ4v) is 0.652. The molecule has 0 aliphatic heterocycles. The van der Waals surface area contributed by atoms with Crippen LogP contribution in [0.4, 0.5) is 13.2 Å². The fraction of sp³-hybridized carbons (Fsp3) is 0.167. The molecule has 0 aromatic carbocycles. The highest BCUT2D eigenvalue weighted by atomic mass is 35.5. The van der Waals surface area contributed by atoms with Crippen LogP contribution >= 0.6 is 11.6 Å². The molecule has 1 aromatic heterocycles. The minimum absolute atomic E-state index is 0.743. The molecule has 0 spiro atoms. The van der Waals surface area contributed by atoms with Gasteiger partial charge in [-0.2, -0.15) is 13.2 Å². The summed E-state index contributed by atoms with van der Waals surface area (Å²) in [6.45, 7) is 0. The summed E-state index contributed by atoms with van der Waals surface area (Å²) in [7, 11) is 0. The average Bonchev–Trinajstić information content (AvgIpc) is 1.97. The molecular weight excluding hydrogens is 179 g/mol. The maximum Gasteiger partial charge on any atom is 0.419 e. The van der Waals surface area contributed by atoms with E-state index in [4.69, 9.17) is 15.7 Å². The van der Waals surface area contributed by atoms with Crippen LogP contribution in [0.25, 0.3) is 0 Å². The molecule has 0 N–H and O–H groups in total. The van der Waals surface area contributed by atoms with Gasteiger partial charge in [-0.15, -0.1) is 0 Å². The summed E-state index contributed by atoms with van der Waals surface area (Å²) in [5.41, 5.74) is -1.47. The van der Waals surface area contributed by atoms with Crippen molar-refractivity contribution in [3.8, 4) is 0 Å². The van der Waals surface area contributed by atoms with Crippen LogP contribution in [0, 0.1) is 0 Å². The number of halogens is 4. The SMILES string of the molecule is [2H]c1nc([2H])c(C(F)(F)F)c(Cl)c1[2H]. The van der Waals surface area contributed by atoms with Crippen molar-refractivity contribution in [3.05, 3.63) is 29.0 Å². The minimum Gasteiger partial charge on any atom is -0.264 e. The van der Waals surface area contributed by atoms with Gasteiger partial charge in [-0.05, 0) is 6.04 Å². The van der Waals surface area contributed by atoms with Gasteiger partial charge in [-0.25, -0.2) is 0 Å². The maximum absolute atomic E-state index is 12.2. The third-order valence-corrected chi connectivity index (χ3v) is 1.18. The van der Waals surface area contributed by atoms with Crippen LogP contribution in [0.2, 0.25) is 5.02 Å². The van der Waals surface area contributed by atoms with Crippen LogP contribution in [0.5, 0.6) is 0 Å². The first-order chi connectivity index (χ1) is 6.25. The van der Waals surface area contributed by atoms with Gasteiger partial charge in [0.1, 0.15) is 0 Å². The molecule has 1 nitrogen and oxygen atoms in total. The van der Waals surface area contributed by atoms with Crippen LogP contribution < -0.4 is 0 Å². The van der Waals surface area contributed by atoms with Crippen LogP contribution in [0.15, 0.2) is 18.4 Å². The van der Waals surface area contributed by atoms with E-state index in [0.717, 1.165) is 0 Å². The molecule has 0 fully saturated rings. The van der Waals surface area contributed by atoms with E-state index < -0.39 is 35.2 Å². The highest BCUT2D eigenvalue weighted by Crippen LogP contribution is 2.33. The number of rotatable bonds is 0. The van der Waals surface area contributed by atoms with E-state index in [1.54, 1.807) is 0 Å². The molecule has 0 amide bonds. The Morgan fingerprint density at radius 2 is 2.18 bits per heavy atom. The Kier molecular flexibility index (Phi) is 1.22. The van der Waals surface area contributed by atoms with Crippen LogP contribution in [-0.2, 0) is 6.18 Å². The molecule has 5 heteroatoms. The molecular formula is C6H3ClF3N. The number of alkyl halides is 3. The molecule has 0 saturated heterocycles. The fourth-order valence-electron chi connectivity index (χ4n) is 0.460. The zero-order valence-electron chi connectivity index (χ0n) is 7.96. The van der Waals surface area contributed by atoms with E-state index >= 15 is 0 Å². The predicted molar refractivity (Wildman–Crippen MR) is 34.2 cm³/mol. The second kappa shape index (κ2) is 2.70. The number of nitrogens with zero attached hydrogens (tertiary/aromatic N) is 1.